The van der Waals surface area contributed by atoms with Crippen LogP contribution in [0.5, 0.6) is 0 Å². The number of likely N-dealkylation sites (tertiary alicyclic amines) is 1. The molecule has 5 heterocycles. The van der Waals surface area contributed by atoms with E-state index >= 15 is 0 Å². The Kier molecular flexibility index (Phi) is 9.26. The summed E-state index contributed by atoms with van der Waals surface area (Å²) in [5.41, 5.74) is 10.6. The molecule has 4 aromatic heterocycles. The number of nitrogens with zero attached hydrogens (tertiary/aromatic N) is 4. The van der Waals surface area contributed by atoms with Crippen molar-refractivity contribution < 1.29 is 4.39 Å². The van der Waals surface area contributed by atoms with Gasteiger partial charge in [-0.1, -0.05) is 45.2 Å². The monoisotopic (exact) mass is 615 g/mol. The van der Waals surface area contributed by atoms with Gasteiger partial charge in [-0.25, -0.2) is 4.39 Å². The second-order valence-electron chi connectivity index (χ2n) is 12.5. The van der Waals surface area contributed by atoms with E-state index in [1.54, 1.807) is 36.8 Å². The summed E-state index contributed by atoms with van der Waals surface area (Å²) in [6.45, 7) is 17.7. The number of nitrogens with one attached hydrogen (secondary N) is 3. The van der Waals surface area contributed by atoms with Crippen LogP contribution in [0.3, 0.4) is 0 Å². The van der Waals surface area contributed by atoms with Crippen LogP contribution in [0.1, 0.15) is 55.5 Å². The number of benzene rings is 1. The topological polar surface area (TPSA) is 85.5 Å². The summed E-state index contributed by atoms with van der Waals surface area (Å²) in [6.07, 6.45) is 13.5. The molecule has 5 aromatic rings. The lowest BCUT2D eigenvalue weighted by molar-refractivity contribution is 0.334. The molecule has 1 aliphatic heterocycles. The van der Waals surface area contributed by atoms with Gasteiger partial charge < -0.3 is 15.2 Å². The highest BCUT2D eigenvalue weighted by Crippen LogP contribution is 2.35. The first-order valence-corrected chi connectivity index (χ1v) is 16.1. The van der Waals surface area contributed by atoms with Crippen LogP contribution >= 0.6 is 0 Å². The Morgan fingerprint density at radius 2 is 1.91 bits per heavy atom. The fourth-order valence-corrected chi connectivity index (χ4v) is 6.15. The third-order valence-electron chi connectivity index (χ3n) is 8.73. The average Bonchev–Trinajstić information content (AvgIpc) is 3.80. The number of fused-ring (bicyclic) bond motifs is 1. The Balaban J connectivity index is 1.29. The molecule has 46 heavy (non-hydrogen) atoms. The predicted molar refractivity (Wildman–Crippen MR) is 187 cm³/mol. The number of aromatic nitrogens is 5. The molecule has 1 aromatic carbocycles. The summed E-state index contributed by atoms with van der Waals surface area (Å²) < 4.78 is 15.0. The minimum absolute atomic E-state index is 0.224. The maximum absolute atomic E-state index is 15.0. The number of pyridine rings is 2. The van der Waals surface area contributed by atoms with Crippen LogP contribution in [0.2, 0.25) is 0 Å². The molecule has 0 amide bonds. The van der Waals surface area contributed by atoms with Crippen molar-refractivity contribution in [1.29, 1.82) is 0 Å². The van der Waals surface area contributed by atoms with E-state index in [9.17, 15) is 4.39 Å². The maximum atomic E-state index is 15.0. The van der Waals surface area contributed by atoms with Crippen LogP contribution < -0.4 is 5.32 Å². The molecule has 1 fully saturated rings. The van der Waals surface area contributed by atoms with Crippen LogP contribution in [0.4, 0.5) is 10.1 Å². The Morgan fingerprint density at radius 1 is 1.09 bits per heavy atom. The number of aromatic amines is 2. The number of H-pyrrole nitrogens is 2. The quantitative estimate of drug-likeness (QED) is 0.122. The zero-order valence-electron chi connectivity index (χ0n) is 27.0. The number of hydrogen-bond donors (Lipinski definition) is 3. The fourth-order valence-electron chi connectivity index (χ4n) is 6.15. The normalized spacial score (nSPS) is 14.0. The number of rotatable bonds is 12. The number of aryl methyl sites for hydroxylation is 2. The zero-order chi connectivity index (χ0) is 32.2. The molecule has 236 valence electrons. The van der Waals surface area contributed by atoms with E-state index in [1.165, 1.54) is 25.9 Å². The summed E-state index contributed by atoms with van der Waals surface area (Å²) in [7, 11) is 0. The Morgan fingerprint density at radius 3 is 2.70 bits per heavy atom. The van der Waals surface area contributed by atoms with E-state index in [4.69, 9.17) is 0 Å². The molecule has 0 unspecified atom stereocenters. The molecule has 6 rings (SSSR count). The van der Waals surface area contributed by atoms with Crippen LogP contribution in [0.15, 0.2) is 86.0 Å². The standard InChI is InChI=1S/C38H42FN7/c1-6-10-32(28-15-27(16-30(39)17-28)11-9-14-46-12-7-8-13-46)33-19-36(43-26(33)5)38-34-20-35(41-23-37(34)44-45-38)29-18-31(22-40-21-29)42-25(4)24(2)3/h6,10,15-24,42-43H,1,4,7-9,11-14H2,2-3,5H3,(H,44,45)/b32-10-. The van der Waals surface area contributed by atoms with E-state index in [0.29, 0.717) is 5.92 Å². The highest BCUT2D eigenvalue weighted by Gasteiger charge is 2.18. The highest BCUT2D eigenvalue weighted by atomic mass is 19.1. The first-order valence-electron chi connectivity index (χ1n) is 16.1. The Bertz CT molecular complexity index is 1910. The molecule has 0 spiro atoms. The van der Waals surface area contributed by atoms with Crippen molar-refractivity contribution in [2.24, 2.45) is 5.92 Å². The van der Waals surface area contributed by atoms with E-state index in [-0.39, 0.29) is 5.82 Å². The molecule has 1 aliphatic rings. The van der Waals surface area contributed by atoms with Crippen molar-refractivity contribution in [2.75, 3.05) is 25.0 Å². The van der Waals surface area contributed by atoms with Crippen LogP contribution in [-0.4, -0.2) is 49.7 Å². The molecule has 8 heteroatoms. The van der Waals surface area contributed by atoms with Gasteiger partial charge in [-0.15, -0.1) is 0 Å². The van der Waals surface area contributed by atoms with Gasteiger partial charge in [0.15, 0.2) is 0 Å². The van der Waals surface area contributed by atoms with E-state index in [2.05, 4.69) is 74.5 Å². The number of anilines is 1. The molecule has 0 saturated carbocycles. The summed E-state index contributed by atoms with van der Waals surface area (Å²) >= 11 is 0. The molecule has 0 radical (unpaired) electrons. The highest BCUT2D eigenvalue weighted by molar-refractivity contribution is 5.95. The van der Waals surface area contributed by atoms with Crippen molar-refractivity contribution in [3.05, 3.63) is 114 Å². The van der Waals surface area contributed by atoms with Gasteiger partial charge in [0, 0.05) is 34.1 Å². The molecular formula is C38H42FN7. The Hall–Kier alpha value is -4.82. The molecule has 3 N–H and O–H groups in total. The SMILES string of the molecule is C=C/C=C(/c1cc(F)cc(CCCN2CCCC2)c1)c1cc(-c2n[nH]c3cnc(-c4cncc(NC(=C)C(C)C)c4)cc23)[nH]c1C. The molecule has 0 aliphatic carbocycles. The fraction of sp³-hybridized carbons (Fsp3) is 0.289. The van der Waals surface area contributed by atoms with Crippen LogP contribution in [0.25, 0.3) is 39.1 Å². The van der Waals surface area contributed by atoms with Crippen molar-refractivity contribution in [2.45, 2.75) is 46.5 Å². The number of hydrogen-bond acceptors (Lipinski definition) is 5. The maximum Gasteiger partial charge on any atom is 0.124 e. The summed E-state index contributed by atoms with van der Waals surface area (Å²) in [4.78, 5) is 15.2. The molecule has 7 nitrogen and oxygen atoms in total. The van der Waals surface area contributed by atoms with Crippen molar-refractivity contribution in [3.63, 3.8) is 0 Å². The Labute approximate surface area is 270 Å². The third kappa shape index (κ3) is 6.87. The van der Waals surface area contributed by atoms with Crippen molar-refractivity contribution in [1.82, 2.24) is 30.0 Å². The number of halogens is 1. The van der Waals surface area contributed by atoms with E-state index in [0.717, 1.165) is 92.3 Å². The molecular weight excluding hydrogens is 573 g/mol. The van der Waals surface area contributed by atoms with E-state index < -0.39 is 0 Å². The van der Waals surface area contributed by atoms with Gasteiger partial charge >= 0.3 is 0 Å². The third-order valence-corrected chi connectivity index (χ3v) is 8.73. The largest absolute Gasteiger partial charge is 0.358 e. The molecule has 0 atom stereocenters. The second kappa shape index (κ2) is 13.7. The summed E-state index contributed by atoms with van der Waals surface area (Å²) in [5, 5.41) is 12.1. The lowest BCUT2D eigenvalue weighted by atomic mass is 9.94. The summed E-state index contributed by atoms with van der Waals surface area (Å²) in [5.74, 6) is 0.0767. The van der Waals surface area contributed by atoms with Gasteiger partial charge in [0.1, 0.15) is 11.5 Å². The minimum Gasteiger partial charge on any atom is -0.358 e. The van der Waals surface area contributed by atoms with Gasteiger partial charge in [-0.2, -0.15) is 5.10 Å². The number of allylic oxidation sites excluding steroid dienone is 3. The molecule has 1 saturated heterocycles. The van der Waals surface area contributed by atoms with Crippen LogP contribution in [-0.2, 0) is 6.42 Å². The minimum atomic E-state index is -0.224. The lowest BCUT2D eigenvalue weighted by Crippen LogP contribution is -2.20. The van der Waals surface area contributed by atoms with Gasteiger partial charge in [0.25, 0.3) is 0 Å². The van der Waals surface area contributed by atoms with Gasteiger partial charge in [-0.05, 0) is 105 Å². The van der Waals surface area contributed by atoms with Gasteiger partial charge in [0.2, 0.25) is 0 Å². The van der Waals surface area contributed by atoms with Crippen molar-refractivity contribution >= 4 is 22.2 Å². The predicted octanol–water partition coefficient (Wildman–Crippen LogP) is 8.69. The second-order valence-corrected chi connectivity index (χ2v) is 12.5. The lowest BCUT2D eigenvalue weighted by Gasteiger charge is -2.15. The van der Waals surface area contributed by atoms with E-state index in [1.807, 2.05) is 25.1 Å². The first kappa shape index (κ1) is 31.2. The first-order chi connectivity index (χ1) is 22.3. The van der Waals surface area contributed by atoms with Gasteiger partial charge in [-0.3, -0.25) is 15.1 Å². The zero-order valence-corrected chi connectivity index (χ0v) is 27.0. The van der Waals surface area contributed by atoms with Crippen molar-refractivity contribution in [3.8, 4) is 22.6 Å². The summed E-state index contributed by atoms with van der Waals surface area (Å²) in [6, 6.07) is 11.5. The molecule has 0 bridgehead atoms. The smallest absolute Gasteiger partial charge is 0.124 e. The van der Waals surface area contributed by atoms with Crippen LogP contribution in [0, 0.1) is 18.7 Å². The van der Waals surface area contributed by atoms with Gasteiger partial charge in [0.05, 0.1) is 35.0 Å². The average molecular weight is 616 g/mol.